The van der Waals surface area contributed by atoms with Crippen LogP contribution in [0.1, 0.15) is 12.0 Å². The van der Waals surface area contributed by atoms with E-state index in [9.17, 15) is 14.9 Å². The Morgan fingerprint density at radius 2 is 2.33 bits per heavy atom. The summed E-state index contributed by atoms with van der Waals surface area (Å²) in [6, 6.07) is 6.04. The molecule has 1 aromatic carbocycles. The first-order valence-corrected chi connectivity index (χ1v) is 6.92. The number of carbonyl (C=O) groups excluding carboxylic acids is 1. The summed E-state index contributed by atoms with van der Waals surface area (Å²) in [5, 5.41) is 21.2. The molecular formula is C13H12N4O3S. The molecule has 0 aliphatic carbocycles. The lowest BCUT2D eigenvalue weighted by molar-refractivity contribution is -0.384. The van der Waals surface area contributed by atoms with Gasteiger partial charge >= 0.3 is 0 Å². The summed E-state index contributed by atoms with van der Waals surface area (Å²) in [6.07, 6.45) is 3.63. The number of non-ortho nitro benzene ring substituents is 1. The third-order valence-corrected chi connectivity index (χ3v) is 3.69. The van der Waals surface area contributed by atoms with Gasteiger partial charge in [-0.2, -0.15) is 5.10 Å². The predicted octanol–water partition coefficient (Wildman–Crippen LogP) is 2.09. The lowest BCUT2D eigenvalue weighted by atomic mass is 10.2. The van der Waals surface area contributed by atoms with Crippen LogP contribution in [0.15, 0.2) is 47.1 Å². The topological polar surface area (TPSA) is 97.0 Å². The first kappa shape index (κ1) is 14.9. The first-order valence-electron chi connectivity index (χ1n) is 6.04. The average molecular weight is 304 g/mol. The number of nitrogens with zero attached hydrogens (tertiary/aromatic N) is 3. The molecule has 0 saturated carbocycles. The van der Waals surface area contributed by atoms with Crippen molar-refractivity contribution in [2.45, 2.75) is 11.7 Å². The minimum Gasteiger partial charge on any atom is -0.303 e. The highest BCUT2D eigenvalue weighted by molar-refractivity contribution is 8.15. The van der Waals surface area contributed by atoms with E-state index in [4.69, 9.17) is 0 Å². The zero-order chi connectivity index (χ0) is 15.2. The Balaban J connectivity index is 2.04. The minimum absolute atomic E-state index is 0.0128. The fourth-order valence-electron chi connectivity index (χ4n) is 1.63. The van der Waals surface area contributed by atoms with Crippen LogP contribution in [0, 0.1) is 10.1 Å². The van der Waals surface area contributed by atoms with E-state index in [1.165, 1.54) is 30.1 Å². The molecule has 1 N–H and O–H groups in total. The van der Waals surface area contributed by atoms with Gasteiger partial charge in [0.2, 0.25) is 5.91 Å². The minimum atomic E-state index is -0.476. The Morgan fingerprint density at radius 3 is 3.05 bits per heavy atom. The van der Waals surface area contributed by atoms with Crippen molar-refractivity contribution in [1.29, 1.82) is 0 Å². The molecule has 1 aliphatic rings. The largest absolute Gasteiger partial charge is 0.303 e. The van der Waals surface area contributed by atoms with Gasteiger partial charge in [0.05, 0.1) is 16.4 Å². The molecule has 0 spiro atoms. The summed E-state index contributed by atoms with van der Waals surface area (Å²) < 4.78 is 0. The Bertz CT molecular complexity index is 642. The smallest absolute Gasteiger partial charge is 0.270 e. The Morgan fingerprint density at radius 1 is 1.52 bits per heavy atom. The van der Waals surface area contributed by atoms with E-state index in [0.29, 0.717) is 17.2 Å². The molecule has 0 aromatic heterocycles. The number of amidine groups is 1. The van der Waals surface area contributed by atoms with Gasteiger partial charge in [-0.3, -0.25) is 14.9 Å². The Kier molecular flexibility index (Phi) is 4.83. The number of amides is 1. The number of allylic oxidation sites excluding steroid dienone is 1. The maximum atomic E-state index is 11.5. The molecule has 2 rings (SSSR count). The summed E-state index contributed by atoms with van der Waals surface area (Å²) in [4.78, 5) is 21.7. The molecule has 21 heavy (non-hydrogen) atoms. The van der Waals surface area contributed by atoms with Gasteiger partial charge in [0.25, 0.3) is 5.69 Å². The van der Waals surface area contributed by atoms with Crippen LogP contribution in [0.2, 0.25) is 0 Å². The lowest BCUT2D eigenvalue weighted by Gasteiger charge is -1.97. The number of hydrogen-bond acceptors (Lipinski definition) is 6. The third-order valence-electron chi connectivity index (χ3n) is 2.59. The van der Waals surface area contributed by atoms with Crippen LogP contribution in [-0.2, 0) is 4.79 Å². The summed E-state index contributed by atoms with van der Waals surface area (Å²) in [6.45, 7) is 3.59. The maximum Gasteiger partial charge on any atom is 0.270 e. The van der Waals surface area contributed by atoms with Crippen molar-refractivity contribution in [2.75, 3.05) is 0 Å². The second-order valence-electron chi connectivity index (χ2n) is 4.12. The van der Waals surface area contributed by atoms with E-state index in [2.05, 4.69) is 22.1 Å². The van der Waals surface area contributed by atoms with Gasteiger partial charge in [-0.05, 0) is 6.42 Å². The van der Waals surface area contributed by atoms with E-state index in [0.717, 1.165) is 0 Å². The zero-order valence-corrected chi connectivity index (χ0v) is 11.7. The molecule has 7 nitrogen and oxygen atoms in total. The van der Waals surface area contributed by atoms with Crippen LogP contribution in [0.3, 0.4) is 0 Å². The van der Waals surface area contributed by atoms with Crippen molar-refractivity contribution < 1.29 is 9.72 Å². The standard InChI is InChI=1S/C13H12N4O3S/c1-2-4-11-12(18)15-13(21-11)16-14-8-9-5-3-6-10(7-9)17(19)20/h2-3,5-8,11H,1,4H2,(H,15,16,18)/b14-8-/t11-/m1/s1. The maximum absolute atomic E-state index is 11.5. The number of nitro benzene ring substituents is 1. The number of rotatable bonds is 5. The predicted molar refractivity (Wildman–Crippen MR) is 82.5 cm³/mol. The second-order valence-corrected chi connectivity index (χ2v) is 5.31. The fourth-order valence-corrected chi connectivity index (χ4v) is 2.55. The fraction of sp³-hybridized carbons (Fsp3) is 0.154. The first-order chi connectivity index (χ1) is 10.1. The van der Waals surface area contributed by atoms with E-state index in [1.807, 2.05) is 0 Å². The molecule has 1 fully saturated rings. The second kappa shape index (κ2) is 6.80. The lowest BCUT2D eigenvalue weighted by Crippen LogP contribution is -2.24. The molecule has 0 bridgehead atoms. The van der Waals surface area contributed by atoms with Crippen molar-refractivity contribution in [3.63, 3.8) is 0 Å². The summed E-state index contributed by atoms with van der Waals surface area (Å²) in [5.74, 6) is -0.121. The van der Waals surface area contributed by atoms with Crippen molar-refractivity contribution >= 4 is 34.7 Å². The van der Waals surface area contributed by atoms with Gasteiger partial charge in [0.15, 0.2) is 5.17 Å². The number of thioether (sulfide) groups is 1. The summed E-state index contributed by atoms with van der Waals surface area (Å²) >= 11 is 1.28. The van der Waals surface area contributed by atoms with Crippen LogP contribution in [0.4, 0.5) is 5.69 Å². The van der Waals surface area contributed by atoms with Crippen LogP contribution >= 0.6 is 11.8 Å². The van der Waals surface area contributed by atoms with E-state index >= 15 is 0 Å². The highest BCUT2D eigenvalue weighted by Crippen LogP contribution is 2.22. The highest BCUT2D eigenvalue weighted by Gasteiger charge is 2.28. The van der Waals surface area contributed by atoms with Gasteiger partial charge < -0.3 is 5.32 Å². The summed E-state index contributed by atoms with van der Waals surface area (Å²) in [7, 11) is 0. The number of nitrogens with one attached hydrogen (secondary N) is 1. The van der Waals surface area contributed by atoms with Crippen molar-refractivity contribution in [1.82, 2.24) is 5.32 Å². The number of benzene rings is 1. The Hall–Kier alpha value is -2.48. The Labute approximate surface area is 125 Å². The molecule has 1 saturated heterocycles. The number of carbonyl (C=O) groups is 1. The molecule has 108 valence electrons. The van der Waals surface area contributed by atoms with Crippen LogP contribution in [0.25, 0.3) is 0 Å². The van der Waals surface area contributed by atoms with Gasteiger partial charge in [0.1, 0.15) is 0 Å². The van der Waals surface area contributed by atoms with Crippen molar-refractivity contribution in [3.05, 3.63) is 52.6 Å². The van der Waals surface area contributed by atoms with Gasteiger partial charge in [-0.15, -0.1) is 11.7 Å². The monoisotopic (exact) mass is 304 g/mol. The third kappa shape index (κ3) is 3.99. The molecule has 0 unspecified atom stereocenters. The van der Waals surface area contributed by atoms with E-state index < -0.39 is 4.92 Å². The molecule has 1 amide bonds. The van der Waals surface area contributed by atoms with Crippen molar-refractivity contribution in [3.8, 4) is 0 Å². The SMILES string of the molecule is C=CC[C@H]1S/C(=N/N=C\c2cccc([N+](=O)[O-])c2)NC1=O. The molecule has 1 heterocycles. The van der Waals surface area contributed by atoms with Gasteiger partial charge in [-0.25, -0.2) is 0 Å². The van der Waals surface area contributed by atoms with E-state index in [1.54, 1.807) is 18.2 Å². The van der Waals surface area contributed by atoms with Gasteiger partial charge in [0, 0.05) is 17.7 Å². The van der Waals surface area contributed by atoms with Crippen LogP contribution < -0.4 is 5.32 Å². The van der Waals surface area contributed by atoms with Crippen LogP contribution in [-0.4, -0.2) is 27.5 Å². The van der Waals surface area contributed by atoms with Crippen LogP contribution in [0.5, 0.6) is 0 Å². The number of hydrogen-bond donors (Lipinski definition) is 1. The highest BCUT2D eigenvalue weighted by atomic mass is 32.2. The quantitative estimate of drug-likeness (QED) is 0.390. The normalized spacial score (nSPS) is 19.9. The number of nitro groups is 1. The van der Waals surface area contributed by atoms with Crippen molar-refractivity contribution in [2.24, 2.45) is 10.2 Å². The van der Waals surface area contributed by atoms with E-state index in [-0.39, 0.29) is 16.8 Å². The molecule has 0 radical (unpaired) electrons. The van der Waals surface area contributed by atoms with Gasteiger partial charge in [-0.1, -0.05) is 30.0 Å². The molecule has 1 aromatic rings. The molecule has 8 heteroatoms. The molecule has 1 aliphatic heterocycles. The zero-order valence-electron chi connectivity index (χ0n) is 10.9. The molecular weight excluding hydrogens is 292 g/mol. The average Bonchev–Trinajstić information content (AvgIpc) is 2.80. The summed E-state index contributed by atoms with van der Waals surface area (Å²) in [5.41, 5.74) is 0.548. The molecule has 1 atom stereocenters.